The number of nitrogens with zero attached hydrogens (tertiary/aromatic N) is 1. The molecule has 1 aromatic heterocycles. The number of benzene rings is 2. The summed E-state index contributed by atoms with van der Waals surface area (Å²) in [6.45, 7) is 0. The quantitative estimate of drug-likeness (QED) is 0.711. The summed E-state index contributed by atoms with van der Waals surface area (Å²) in [5, 5.41) is 14.9. The zero-order valence-corrected chi connectivity index (χ0v) is 14.8. The molecule has 138 valence electrons. The highest BCUT2D eigenvalue weighted by molar-refractivity contribution is 6.02. The number of hydrogen-bond donors (Lipinski definition) is 1. The number of fused-ring (bicyclic) bond motifs is 1. The van der Waals surface area contributed by atoms with Gasteiger partial charge < -0.3 is 23.8 Å². The predicted octanol–water partition coefficient (Wildman–Crippen LogP) is 3.38. The van der Waals surface area contributed by atoms with Crippen LogP contribution in [0.15, 0.2) is 56.8 Å². The van der Waals surface area contributed by atoms with Crippen LogP contribution < -0.4 is 15.1 Å². The van der Waals surface area contributed by atoms with E-state index in [9.17, 15) is 9.90 Å². The van der Waals surface area contributed by atoms with E-state index in [1.807, 2.05) is 18.2 Å². The van der Waals surface area contributed by atoms with Crippen LogP contribution in [0, 0.1) is 0 Å². The van der Waals surface area contributed by atoms with Gasteiger partial charge in [0.2, 0.25) is 5.75 Å². The Labute approximate surface area is 154 Å². The summed E-state index contributed by atoms with van der Waals surface area (Å²) in [6.07, 6.45) is -0.0607. The molecule has 3 aromatic rings. The number of phenolic OH excluding ortho intramolecular Hbond substituents is 1. The van der Waals surface area contributed by atoms with Gasteiger partial charge in [-0.3, -0.25) is 0 Å². The van der Waals surface area contributed by atoms with Gasteiger partial charge in [-0.25, -0.2) is 4.79 Å². The van der Waals surface area contributed by atoms with E-state index in [4.69, 9.17) is 18.7 Å². The van der Waals surface area contributed by atoms with Gasteiger partial charge in [-0.05, 0) is 24.3 Å². The lowest BCUT2D eigenvalue weighted by atomic mass is 10.00. The third-order valence-electron chi connectivity index (χ3n) is 4.50. The second kappa shape index (κ2) is 6.68. The first-order chi connectivity index (χ1) is 13.1. The molecule has 4 rings (SSSR count). The van der Waals surface area contributed by atoms with E-state index >= 15 is 0 Å². The van der Waals surface area contributed by atoms with Crippen molar-refractivity contribution in [3.8, 4) is 17.2 Å². The van der Waals surface area contributed by atoms with Crippen molar-refractivity contribution in [2.75, 3.05) is 14.2 Å². The van der Waals surface area contributed by atoms with Gasteiger partial charge in [0, 0.05) is 17.4 Å². The van der Waals surface area contributed by atoms with Crippen LogP contribution in [0.2, 0.25) is 0 Å². The van der Waals surface area contributed by atoms with Gasteiger partial charge in [0.05, 0.1) is 25.5 Å². The molecule has 27 heavy (non-hydrogen) atoms. The van der Waals surface area contributed by atoms with Gasteiger partial charge >= 0.3 is 5.63 Å². The largest absolute Gasteiger partial charge is 0.502 e. The van der Waals surface area contributed by atoms with Gasteiger partial charge in [-0.15, -0.1) is 0 Å². The highest BCUT2D eigenvalue weighted by atomic mass is 16.6. The summed E-state index contributed by atoms with van der Waals surface area (Å²) in [5.74, 6) is 0.455. The standard InChI is InChI=1S/C20H17NO6/c1-24-17-8-12(9-18(25-2)19(17)22)16-10-14(21-27-16)13-7-11-5-3-4-6-15(11)26-20(13)23/h3-9,16,22H,10H2,1-2H3/t16-/m1/s1. The summed E-state index contributed by atoms with van der Waals surface area (Å²) < 4.78 is 15.7. The predicted molar refractivity (Wildman–Crippen MR) is 98.7 cm³/mol. The molecule has 2 aromatic carbocycles. The third-order valence-corrected chi connectivity index (χ3v) is 4.50. The molecule has 7 heteroatoms. The van der Waals surface area contributed by atoms with Crippen LogP contribution in [0.4, 0.5) is 0 Å². The number of ether oxygens (including phenoxy) is 2. The number of hydrogen-bond acceptors (Lipinski definition) is 7. The fourth-order valence-electron chi connectivity index (χ4n) is 3.08. The van der Waals surface area contributed by atoms with Crippen molar-refractivity contribution in [1.29, 1.82) is 0 Å². The first kappa shape index (κ1) is 17.0. The van der Waals surface area contributed by atoms with E-state index < -0.39 is 11.7 Å². The van der Waals surface area contributed by atoms with Crippen LogP contribution >= 0.6 is 0 Å². The van der Waals surface area contributed by atoms with Gasteiger partial charge in [0.15, 0.2) is 17.6 Å². The summed E-state index contributed by atoms with van der Waals surface area (Å²) in [7, 11) is 2.91. The SMILES string of the molecule is COc1cc([C@H]2CC(c3cc4ccccc4oc3=O)=NO2)cc(OC)c1O. The van der Waals surface area contributed by atoms with E-state index in [-0.39, 0.29) is 17.2 Å². The molecule has 1 aliphatic heterocycles. The maximum Gasteiger partial charge on any atom is 0.345 e. The average Bonchev–Trinajstić information content (AvgIpc) is 3.17. The number of rotatable bonds is 4. The molecule has 0 saturated heterocycles. The van der Waals surface area contributed by atoms with Crippen molar-refractivity contribution < 1.29 is 23.8 Å². The fraction of sp³-hybridized carbons (Fsp3) is 0.200. The lowest BCUT2D eigenvalue weighted by Crippen LogP contribution is -2.13. The van der Waals surface area contributed by atoms with Crippen LogP contribution in [0.5, 0.6) is 17.2 Å². The van der Waals surface area contributed by atoms with Crippen molar-refractivity contribution in [1.82, 2.24) is 0 Å². The lowest BCUT2D eigenvalue weighted by molar-refractivity contribution is 0.0853. The van der Waals surface area contributed by atoms with Gasteiger partial charge in [0.25, 0.3) is 0 Å². The summed E-state index contributed by atoms with van der Waals surface area (Å²) in [6, 6.07) is 12.4. The van der Waals surface area contributed by atoms with Crippen LogP contribution in [0.1, 0.15) is 23.7 Å². The summed E-state index contributed by atoms with van der Waals surface area (Å²) >= 11 is 0. The second-order valence-corrected chi connectivity index (χ2v) is 6.10. The smallest absolute Gasteiger partial charge is 0.345 e. The minimum absolute atomic E-state index is 0.0851. The first-order valence-electron chi connectivity index (χ1n) is 8.31. The van der Waals surface area contributed by atoms with Crippen molar-refractivity contribution in [2.45, 2.75) is 12.5 Å². The minimum Gasteiger partial charge on any atom is -0.502 e. The Morgan fingerprint density at radius 2 is 1.81 bits per heavy atom. The maximum absolute atomic E-state index is 12.3. The molecule has 0 fully saturated rings. The Morgan fingerprint density at radius 1 is 1.11 bits per heavy atom. The van der Waals surface area contributed by atoms with Crippen molar-refractivity contribution in [3.05, 3.63) is 64.0 Å². The molecule has 1 aliphatic rings. The van der Waals surface area contributed by atoms with Crippen LogP contribution in [-0.2, 0) is 4.84 Å². The molecular formula is C20H17NO6. The zero-order chi connectivity index (χ0) is 19.0. The topological polar surface area (TPSA) is 90.5 Å². The van der Waals surface area contributed by atoms with Crippen LogP contribution in [-0.4, -0.2) is 25.0 Å². The highest BCUT2D eigenvalue weighted by Crippen LogP contribution is 2.41. The third kappa shape index (κ3) is 2.97. The molecule has 0 unspecified atom stereocenters. The van der Waals surface area contributed by atoms with Crippen molar-refractivity contribution >= 4 is 16.7 Å². The highest BCUT2D eigenvalue weighted by Gasteiger charge is 2.28. The molecule has 7 nitrogen and oxygen atoms in total. The summed E-state index contributed by atoms with van der Waals surface area (Å²) in [5.41, 5.74) is 1.65. The summed E-state index contributed by atoms with van der Waals surface area (Å²) in [4.78, 5) is 17.9. The molecule has 1 atom stereocenters. The number of aromatic hydroxyl groups is 1. The Bertz CT molecular complexity index is 1080. The zero-order valence-electron chi connectivity index (χ0n) is 14.8. The fourth-order valence-corrected chi connectivity index (χ4v) is 3.08. The van der Waals surface area contributed by atoms with E-state index in [1.165, 1.54) is 14.2 Å². The number of oxime groups is 1. The molecule has 2 heterocycles. The second-order valence-electron chi connectivity index (χ2n) is 6.10. The maximum atomic E-state index is 12.3. The first-order valence-corrected chi connectivity index (χ1v) is 8.31. The van der Waals surface area contributed by atoms with Crippen molar-refractivity contribution in [2.24, 2.45) is 5.16 Å². The average molecular weight is 367 g/mol. The monoisotopic (exact) mass is 367 g/mol. The van der Waals surface area contributed by atoms with E-state index in [1.54, 1.807) is 24.3 Å². The number of para-hydroxylation sites is 1. The molecule has 0 radical (unpaired) electrons. The van der Waals surface area contributed by atoms with E-state index in [2.05, 4.69) is 5.16 Å². The normalized spacial score (nSPS) is 16.1. The van der Waals surface area contributed by atoms with Gasteiger partial charge in [-0.1, -0.05) is 23.4 Å². The van der Waals surface area contributed by atoms with E-state index in [0.717, 1.165) is 5.39 Å². The Balaban J connectivity index is 1.66. The minimum atomic E-state index is -0.461. The van der Waals surface area contributed by atoms with Gasteiger partial charge in [0.1, 0.15) is 5.58 Å². The van der Waals surface area contributed by atoms with Crippen LogP contribution in [0.25, 0.3) is 11.0 Å². The van der Waals surface area contributed by atoms with Crippen LogP contribution in [0.3, 0.4) is 0 Å². The molecule has 0 saturated carbocycles. The van der Waals surface area contributed by atoms with Crippen molar-refractivity contribution in [3.63, 3.8) is 0 Å². The van der Waals surface area contributed by atoms with Gasteiger partial charge in [-0.2, -0.15) is 0 Å². The molecule has 0 spiro atoms. The molecule has 1 N–H and O–H groups in total. The van der Waals surface area contributed by atoms with E-state index in [0.29, 0.717) is 28.8 Å². The molecule has 0 aliphatic carbocycles. The lowest BCUT2D eigenvalue weighted by Gasteiger charge is -2.14. The number of methoxy groups -OCH3 is 2. The molecule has 0 bridgehead atoms. The Hall–Kier alpha value is -3.48. The number of phenols is 1. The molecule has 0 amide bonds. The Kier molecular flexibility index (Phi) is 4.19. The molecular weight excluding hydrogens is 350 g/mol. The Morgan fingerprint density at radius 3 is 2.52 bits per heavy atom.